The van der Waals surface area contributed by atoms with Crippen LogP contribution in [0.25, 0.3) is 22.3 Å². The average Bonchev–Trinajstić information content (AvgIpc) is 3.04. The molecule has 3 rings (SSSR count). The summed E-state index contributed by atoms with van der Waals surface area (Å²) in [6.07, 6.45) is 19.8. The molecule has 234 valence electrons. The number of rotatable bonds is 22. The van der Waals surface area contributed by atoms with E-state index in [0.717, 1.165) is 42.7 Å². The first-order chi connectivity index (χ1) is 21.1. The van der Waals surface area contributed by atoms with Gasteiger partial charge in [0.05, 0.1) is 6.61 Å². The van der Waals surface area contributed by atoms with Crippen molar-refractivity contribution in [2.45, 2.75) is 130 Å². The second-order valence-electron chi connectivity index (χ2n) is 12.0. The van der Waals surface area contributed by atoms with Crippen LogP contribution in [0.4, 0.5) is 0 Å². The van der Waals surface area contributed by atoms with Crippen molar-refractivity contribution in [1.29, 1.82) is 0 Å². The van der Waals surface area contributed by atoms with Gasteiger partial charge in [-0.15, -0.1) is 0 Å². The molecule has 0 heterocycles. The lowest BCUT2D eigenvalue weighted by Gasteiger charge is -2.15. The van der Waals surface area contributed by atoms with E-state index in [2.05, 4.69) is 86.6 Å². The molecule has 0 aliphatic heterocycles. The Kier molecular flexibility index (Phi) is 16.6. The standard InChI is InChI=1S/C40H56O3/c1-4-6-8-9-10-11-12-13-14-15-16-17-20-32-42-37-30-28-36(29-31-37)39-22-19-18-21-38(39)35-26-24-34(25-27-35)33(3)43-40(41)23-7-5-2/h18-19,21-22,24-31,33H,4-17,20,23,32H2,1-3H3. The number of ether oxygens (including phenoxy) is 2. The summed E-state index contributed by atoms with van der Waals surface area (Å²) in [4.78, 5) is 12.0. The number of unbranched alkanes of at least 4 members (excludes halogenated alkanes) is 13. The number of esters is 1. The third-order valence-electron chi connectivity index (χ3n) is 8.34. The minimum Gasteiger partial charge on any atom is -0.494 e. The van der Waals surface area contributed by atoms with Gasteiger partial charge >= 0.3 is 5.97 Å². The smallest absolute Gasteiger partial charge is 0.306 e. The zero-order valence-electron chi connectivity index (χ0n) is 27.3. The molecule has 3 aromatic carbocycles. The molecule has 0 radical (unpaired) electrons. The summed E-state index contributed by atoms with van der Waals surface area (Å²) in [6.45, 7) is 7.09. The molecule has 3 aromatic rings. The summed E-state index contributed by atoms with van der Waals surface area (Å²) < 4.78 is 11.7. The van der Waals surface area contributed by atoms with Crippen LogP contribution in [0.5, 0.6) is 5.75 Å². The molecule has 0 spiro atoms. The first-order valence-electron chi connectivity index (χ1n) is 17.2. The van der Waals surface area contributed by atoms with Crippen LogP contribution >= 0.6 is 0 Å². The van der Waals surface area contributed by atoms with E-state index >= 15 is 0 Å². The highest BCUT2D eigenvalue weighted by Crippen LogP contribution is 2.34. The van der Waals surface area contributed by atoms with Crippen LogP contribution in [0.2, 0.25) is 0 Å². The van der Waals surface area contributed by atoms with E-state index in [4.69, 9.17) is 9.47 Å². The normalized spacial score (nSPS) is 11.8. The highest BCUT2D eigenvalue weighted by Gasteiger charge is 2.13. The molecule has 0 saturated carbocycles. The topological polar surface area (TPSA) is 35.5 Å². The Hall–Kier alpha value is -3.07. The van der Waals surface area contributed by atoms with Gasteiger partial charge in [0.15, 0.2) is 0 Å². The summed E-state index contributed by atoms with van der Waals surface area (Å²) in [6, 6.07) is 25.4. The van der Waals surface area contributed by atoms with Gasteiger partial charge in [0.25, 0.3) is 0 Å². The fraction of sp³-hybridized carbons (Fsp3) is 0.525. The maximum absolute atomic E-state index is 12.0. The van der Waals surface area contributed by atoms with E-state index in [9.17, 15) is 4.79 Å². The van der Waals surface area contributed by atoms with E-state index < -0.39 is 0 Å². The van der Waals surface area contributed by atoms with Crippen LogP contribution in [0, 0.1) is 0 Å². The number of benzene rings is 3. The molecule has 3 heteroatoms. The molecule has 0 aromatic heterocycles. The fourth-order valence-corrected chi connectivity index (χ4v) is 5.61. The molecule has 3 nitrogen and oxygen atoms in total. The molecular formula is C40H56O3. The summed E-state index contributed by atoms with van der Waals surface area (Å²) in [7, 11) is 0. The van der Waals surface area contributed by atoms with E-state index in [1.807, 2.05) is 6.92 Å². The Bertz CT molecular complexity index is 1150. The first kappa shape index (κ1) is 34.4. The van der Waals surface area contributed by atoms with E-state index in [1.165, 1.54) is 93.7 Å². The van der Waals surface area contributed by atoms with Crippen molar-refractivity contribution >= 4 is 5.97 Å². The third kappa shape index (κ3) is 13.0. The van der Waals surface area contributed by atoms with Gasteiger partial charge in [-0.1, -0.05) is 158 Å². The van der Waals surface area contributed by atoms with Crippen molar-refractivity contribution in [1.82, 2.24) is 0 Å². The lowest BCUT2D eigenvalue weighted by Crippen LogP contribution is -2.08. The van der Waals surface area contributed by atoms with Gasteiger partial charge in [-0.2, -0.15) is 0 Å². The molecule has 0 saturated heterocycles. The Balaban J connectivity index is 1.39. The van der Waals surface area contributed by atoms with Crippen LogP contribution in [0.1, 0.15) is 135 Å². The molecule has 0 aliphatic carbocycles. The monoisotopic (exact) mass is 584 g/mol. The highest BCUT2D eigenvalue weighted by atomic mass is 16.5. The van der Waals surface area contributed by atoms with Gasteiger partial charge < -0.3 is 9.47 Å². The van der Waals surface area contributed by atoms with Gasteiger partial charge in [0, 0.05) is 6.42 Å². The molecule has 0 amide bonds. The molecule has 43 heavy (non-hydrogen) atoms. The van der Waals surface area contributed by atoms with E-state index in [1.54, 1.807) is 0 Å². The minimum atomic E-state index is -0.249. The maximum atomic E-state index is 12.0. The van der Waals surface area contributed by atoms with Gasteiger partial charge in [-0.25, -0.2) is 0 Å². The zero-order valence-corrected chi connectivity index (χ0v) is 27.3. The van der Waals surface area contributed by atoms with Gasteiger partial charge in [-0.3, -0.25) is 4.79 Å². The van der Waals surface area contributed by atoms with Crippen molar-refractivity contribution in [2.24, 2.45) is 0 Å². The van der Waals surface area contributed by atoms with Crippen molar-refractivity contribution in [3.05, 3.63) is 78.4 Å². The van der Waals surface area contributed by atoms with Crippen LogP contribution in [-0.2, 0) is 9.53 Å². The Morgan fingerprint density at radius 1 is 0.581 bits per heavy atom. The second kappa shape index (κ2) is 20.8. The van der Waals surface area contributed by atoms with Gasteiger partial charge in [0.1, 0.15) is 11.9 Å². The number of carbonyl (C=O) groups is 1. The summed E-state index contributed by atoms with van der Waals surface area (Å²) in [5.74, 6) is 0.813. The van der Waals surface area contributed by atoms with Crippen molar-refractivity contribution in [3.8, 4) is 28.0 Å². The molecule has 0 fully saturated rings. The Labute approximate surface area is 262 Å². The summed E-state index contributed by atoms with van der Waals surface area (Å²) in [5, 5.41) is 0. The van der Waals surface area contributed by atoms with Gasteiger partial charge in [0.2, 0.25) is 0 Å². The van der Waals surface area contributed by atoms with Crippen LogP contribution in [0.15, 0.2) is 72.8 Å². The number of hydrogen-bond acceptors (Lipinski definition) is 3. The van der Waals surface area contributed by atoms with Crippen molar-refractivity contribution in [3.63, 3.8) is 0 Å². The number of carbonyl (C=O) groups excluding carboxylic acids is 1. The molecule has 0 N–H and O–H groups in total. The molecule has 1 atom stereocenters. The van der Waals surface area contributed by atoms with Gasteiger partial charge in [-0.05, 0) is 59.7 Å². The van der Waals surface area contributed by atoms with Crippen molar-refractivity contribution < 1.29 is 14.3 Å². The van der Waals surface area contributed by atoms with Crippen LogP contribution < -0.4 is 4.74 Å². The van der Waals surface area contributed by atoms with E-state index in [-0.39, 0.29) is 12.1 Å². The lowest BCUT2D eigenvalue weighted by molar-refractivity contribution is -0.148. The lowest BCUT2D eigenvalue weighted by atomic mass is 9.94. The van der Waals surface area contributed by atoms with Crippen molar-refractivity contribution in [2.75, 3.05) is 6.61 Å². The highest BCUT2D eigenvalue weighted by molar-refractivity contribution is 5.83. The number of hydrogen-bond donors (Lipinski definition) is 0. The van der Waals surface area contributed by atoms with Crippen LogP contribution in [-0.4, -0.2) is 12.6 Å². The first-order valence-corrected chi connectivity index (χ1v) is 17.2. The summed E-state index contributed by atoms with van der Waals surface area (Å²) >= 11 is 0. The van der Waals surface area contributed by atoms with E-state index in [0.29, 0.717) is 6.42 Å². The molecule has 0 aliphatic rings. The molecule has 0 bridgehead atoms. The average molecular weight is 585 g/mol. The second-order valence-corrected chi connectivity index (χ2v) is 12.0. The Morgan fingerprint density at radius 2 is 1.05 bits per heavy atom. The predicted octanol–water partition coefficient (Wildman–Crippen LogP) is 12.3. The Morgan fingerprint density at radius 3 is 1.56 bits per heavy atom. The zero-order chi connectivity index (χ0) is 30.5. The minimum absolute atomic E-state index is 0.124. The quantitative estimate of drug-likeness (QED) is 0.0870. The molecule has 1 unspecified atom stereocenters. The predicted molar refractivity (Wildman–Crippen MR) is 183 cm³/mol. The summed E-state index contributed by atoms with van der Waals surface area (Å²) in [5.41, 5.74) is 5.70. The maximum Gasteiger partial charge on any atom is 0.306 e. The third-order valence-corrected chi connectivity index (χ3v) is 8.34. The fourth-order valence-electron chi connectivity index (χ4n) is 5.61. The largest absolute Gasteiger partial charge is 0.494 e. The molecular weight excluding hydrogens is 528 g/mol. The van der Waals surface area contributed by atoms with Crippen LogP contribution in [0.3, 0.4) is 0 Å². The SMILES string of the molecule is CCCCCCCCCCCCCCCOc1ccc(-c2ccccc2-c2ccc(C(C)OC(=O)CCCC)cc2)cc1.